The number of unbranched alkanes of at least 4 members (excludes halogenated alkanes) is 4. The van der Waals surface area contributed by atoms with E-state index in [9.17, 15) is 10.1 Å². The topological polar surface area (TPSA) is 40.9 Å². The quantitative estimate of drug-likeness (QED) is 0.451. The Morgan fingerprint density at radius 3 is 2.39 bits per heavy atom. The molecule has 0 aromatic heterocycles. The Kier molecular flexibility index (Phi) is 7.72. The molecular weight excluding hydrogens is 342 g/mol. The highest BCUT2D eigenvalue weighted by Crippen LogP contribution is 2.50. The molecule has 3 rings (SSSR count). The molecule has 2 heteroatoms. The number of benzene rings is 1. The van der Waals surface area contributed by atoms with Crippen molar-refractivity contribution in [1.82, 2.24) is 0 Å². The number of ketones is 1. The number of hydrogen-bond donors (Lipinski definition) is 0. The van der Waals surface area contributed by atoms with Gasteiger partial charge >= 0.3 is 0 Å². The van der Waals surface area contributed by atoms with Crippen molar-refractivity contribution in [2.45, 2.75) is 103 Å². The predicted octanol–water partition coefficient (Wildman–Crippen LogP) is 7.13. The minimum Gasteiger partial charge on any atom is -0.300 e. The molecule has 2 aliphatic carbocycles. The van der Waals surface area contributed by atoms with Gasteiger partial charge in [0.15, 0.2) is 0 Å². The van der Waals surface area contributed by atoms with Crippen molar-refractivity contribution in [2.75, 3.05) is 0 Å². The lowest BCUT2D eigenvalue weighted by Crippen LogP contribution is -2.36. The zero-order valence-electron chi connectivity index (χ0n) is 17.7. The van der Waals surface area contributed by atoms with Crippen LogP contribution >= 0.6 is 0 Å². The largest absolute Gasteiger partial charge is 0.300 e. The fourth-order valence-electron chi connectivity index (χ4n) is 5.46. The molecule has 0 amide bonds. The molecule has 0 aliphatic heterocycles. The molecule has 0 spiro atoms. The minimum atomic E-state index is -0.245. The average Bonchev–Trinajstić information content (AvgIpc) is 2.74. The van der Waals surface area contributed by atoms with Crippen LogP contribution in [0.4, 0.5) is 0 Å². The molecule has 0 heterocycles. The summed E-state index contributed by atoms with van der Waals surface area (Å²) in [6.45, 7) is 2.26. The third-order valence-electron chi connectivity index (χ3n) is 7.38. The molecule has 2 saturated carbocycles. The maximum Gasteiger partial charge on any atom is 0.133 e. The zero-order chi connectivity index (χ0) is 19.8. The van der Waals surface area contributed by atoms with E-state index in [1.165, 1.54) is 49.7 Å². The third kappa shape index (κ3) is 5.25. The summed E-state index contributed by atoms with van der Waals surface area (Å²) in [5.74, 6) is 1.26. The van der Waals surface area contributed by atoms with Crippen molar-refractivity contribution in [3.63, 3.8) is 0 Å². The number of carbonyl (C=O) groups is 1. The van der Waals surface area contributed by atoms with E-state index in [2.05, 4.69) is 37.3 Å². The first-order valence-corrected chi connectivity index (χ1v) is 11.7. The highest BCUT2D eigenvalue weighted by Gasteiger charge is 2.43. The summed E-state index contributed by atoms with van der Waals surface area (Å²) in [6, 6.07) is 12.0. The highest BCUT2D eigenvalue weighted by atomic mass is 16.1. The first kappa shape index (κ1) is 21.1. The normalized spacial score (nSPS) is 28.1. The summed E-state index contributed by atoms with van der Waals surface area (Å²) in [5, 5.41) is 9.95. The van der Waals surface area contributed by atoms with Crippen LogP contribution in [0.15, 0.2) is 24.3 Å². The van der Waals surface area contributed by atoms with Gasteiger partial charge < -0.3 is 0 Å². The van der Waals surface area contributed by atoms with Gasteiger partial charge in [0, 0.05) is 12.8 Å². The van der Waals surface area contributed by atoms with E-state index in [-0.39, 0.29) is 5.41 Å². The van der Waals surface area contributed by atoms with E-state index < -0.39 is 0 Å². The summed E-state index contributed by atoms with van der Waals surface area (Å²) in [6.07, 6.45) is 15.4. The van der Waals surface area contributed by atoms with Gasteiger partial charge in [-0.25, -0.2) is 0 Å². The molecule has 1 aromatic rings. The fraction of sp³-hybridized carbons (Fsp3) is 0.692. The van der Waals surface area contributed by atoms with Crippen LogP contribution in [0.1, 0.15) is 107 Å². The molecule has 28 heavy (non-hydrogen) atoms. The van der Waals surface area contributed by atoms with E-state index in [1.54, 1.807) is 0 Å². The summed E-state index contributed by atoms with van der Waals surface area (Å²) in [4.78, 5) is 11.9. The Morgan fingerprint density at radius 1 is 1.04 bits per heavy atom. The molecular formula is C26H37NO. The summed E-state index contributed by atoms with van der Waals surface area (Å²) < 4.78 is 0. The predicted molar refractivity (Wildman–Crippen MR) is 115 cm³/mol. The number of carbonyl (C=O) groups excluding carboxylic acids is 1. The van der Waals surface area contributed by atoms with E-state index in [0.29, 0.717) is 24.0 Å². The Hall–Kier alpha value is -1.62. The number of aryl methyl sites for hydroxylation is 1. The van der Waals surface area contributed by atoms with Gasteiger partial charge in [0.1, 0.15) is 5.78 Å². The number of hydrogen-bond acceptors (Lipinski definition) is 2. The van der Waals surface area contributed by atoms with Crippen molar-refractivity contribution in [3.8, 4) is 6.07 Å². The molecule has 0 N–H and O–H groups in total. The van der Waals surface area contributed by atoms with Crippen LogP contribution in [0.25, 0.3) is 0 Å². The SMILES string of the molecule is CCCCCCCc1ccc(C2CCC(C#N)([C@@H]3CCCC(=O)C3)CC2)cc1. The van der Waals surface area contributed by atoms with Crippen LogP contribution in [-0.2, 0) is 11.2 Å². The number of nitriles is 1. The molecule has 0 bridgehead atoms. The van der Waals surface area contributed by atoms with Gasteiger partial charge in [0.25, 0.3) is 0 Å². The number of nitrogens with zero attached hydrogens (tertiary/aromatic N) is 1. The van der Waals surface area contributed by atoms with Gasteiger partial charge in [-0.05, 0) is 74.3 Å². The molecule has 2 aliphatic rings. The van der Waals surface area contributed by atoms with Crippen molar-refractivity contribution in [3.05, 3.63) is 35.4 Å². The van der Waals surface area contributed by atoms with E-state index in [4.69, 9.17) is 0 Å². The van der Waals surface area contributed by atoms with Crippen molar-refractivity contribution >= 4 is 5.78 Å². The van der Waals surface area contributed by atoms with Gasteiger partial charge in [0.05, 0.1) is 11.5 Å². The molecule has 1 atom stereocenters. The smallest absolute Gasteiger partial charge is 0.133 e. The lowest BCUT2D eigenvalue weighted by atomic mass is 9.60. The Bertz CT molecular complexity index is 661. The van der Waals surface area contributed by atoms with E-state index >= 15 is 0 Å². The molecule has 2 fully saturated rings. The summed E-state index contributed by atoms with van der Waals surface area (Å²) >= 11 is 0. The third-order valence-corrected chi connectivity index (χ3v) is 7.38. The molecule has 0 radical (unpaired) electrons. The molecule has 0 saturated heterocycles. The second-order valence-corrected chi connectivity index (χ2v) is 9.28. The second kappa shape index (κ2) is 10.2. The van der Waals surface area contributed by atoms with E-state index in [1.807, 2.05) is 0 Å². The van der Waals surface area contributed by atoms with Crippen LogP contribution in [0.3, 0.4) is 0 Å². The van der Waals surface area contributed by atoms with Crippen LogP contribution in [0, 0.1) is 22.7 Å². The maximum atomic E-state index is 11.9. The fourth-order valence-corrected chi connectivity index (χ4v) is 5.46. The first-order chi connectivity index (χ1) is 13.7. The van der Waals surface area contributed by atoms with Gasteiger partial charge in [0.2, 0.25) is 0 Å². The van der Waals surface area contributed by atoms with Gasteiger partial charge in [-0.3, -0.25) is 4.79 Å². The molecule has 1 aromatic carbocycles. The first-order valence-electron chi connectivity index (χ1n) is 11.7. The highest BCUT2D eigenvalue weighted by molar-refractivity contribution is 5.79. The summed E-state index contributed by atoms with van der Waals surface area (Å²) in [7, 11) is 0. The van der Waals surface area contributed by atoms with Crippen LogP contribution in [-0.4, -0.2) is 5.78 Å². The van der Waals surface area contributed by atoms with Crippen LogP contribution in [0.2, 0.25) is 0 Å². The lowest BCUT2D eigenvalue weighted by Gasteiger charge is -2.42. The minimum absolute atomic E-state index is 0.245. The standard InChI is InChI=1S/C26H37NO/c1-2-3-4-5-6-8-21-11-13-22(14-12-21)23-15-17-26(20-27,18-16-23)24-9-7-10-25(28)19-24/h11-14,23-24H,2-10,15-19H2,1H3/t23?,24-,26?/m1/s1. The van der Waals surface area contributed by atoms with Crippen LogP contribution < -0.4 is 0 Å². The van der Waals surface area contributed by atoms with E-state index in [0.717, 1.165) is 44.9 Å². The van der Waals surface area contributed by atoms with Gasteiger partial charge in [-0.15, -0.1) is 0 Å². The summed E-state index contributed by atoms with van der Waals surface area (Å²) in [5.41, 5.74) is 2.66. The number of rotatable bonds is 8. The molecule has 2 nitrogen and oxygen atoms in total. The molecule has 0 unspecified atom stereocenters. The number of Topliss-reactive ketones (excluding diaryl/α,β-unsaturated/α-hetero) is 1. The van der Waals surface area contributed by atoms with Crippen molar-refractivity contribution < 1.29 is 4.79 Å². The van der Waals surface area contributed by atoms with Gasteiger partial charge in [-0.2, -0.15) is 5.26 Å². The van der Waals surface area contributed by atoms with Crippen molar-refractivity contribution in [1.29, 1.82) is 5.26 Å². The van der Waals surface area contributed by atoms with Crippen molar-refractivity contribution in [2.24, 2.45) is 11.3 Å². The lowest BCUT2D eigenvalue weighted by molar-refractivity contribution is -0.123. The maximum absolute atomic E-state index is 11.9. The Balaban J connectivity index is 1.51. The van der Waals surface area contributed by atoms with Crippen LogP contribution in [0.5, 0.6) is 0 Å². The zero-order valence-corrected chi connectivity index (χ0v) is 17.7. The monoisotopic (exact) mass is 379 g/mol. The molecule has 152 valence electrons. The Morgan fingerprint density at radius 2 is 1.75 bits per heavy atom. The Labute approximate surface area is 171 Å². The second-order valence-electron chi connectivity index (χ2n) is 9.28. The van der Waals surface area contributed by atoms with Gasteiger partial charge in [-0.1, -0.05) is 56.9 Å². The average molecular weight is 380 g/mol.